The highest BCUT2D eigenvalue weighted by Crippen LogP contribution is 2.41. The predicted molar refractivity (Wildman–Crippen MR) is 84.2 cm³/mol. The molecule has 1 N–H and O–H groups in total. The number of hydrogen-bond donors (Lipinski definition) is 1. The minimum absolute atomic E-state index is 0.0927. The van der Waals surface area contributed by atoms with E-state index in [-0.39, 0.29) is 5.41 Å². The maximum absolute atomic E-state index is 12.8. The minimum Gasteiger partial charge on any atom is -0.329 e. The van der Waals surface area contributed by atoms with Gasteiger partial charge in [0.25, 0.3) is 0 Å². The molecule has 2 heteroatoms. The second-order valence-corrected chi connectivity index (χ2v) is 6.89. The second-order valence-electron chi connectivity index (χ2n) is 6.89. The van der Waals surface area contributed by atoms with Crippen LogP contribution in [-0.4, -0.2) is 5.91 Å². The van der Waals surface area contributed by atoms with Crippen LogP contribution in [0.3, 0.4) is 0 Å². The van der Waals surface area contributed by atoms with Gasteiger partial charge in [0.05, 0.1) is 0 Å². The zero-order chi connectivity index (χ0) is 14.4. The van der Waals surface area contributed by atoms with E-state index < -0.39 is 0 Å². The van der Waals surface area contributed by atoms with E-state index in [4.69, 9.17) is 0 Å². The van der Waals surface area contributed by atoms with E-state index in [1.54, 1.807) is 0 Å². The van der Waals surface area contributed by atoms with Gasteiger partial charge in [-0.1, -0.05) is 45.3 Å². The van der Waals surface area contributed by atoms with Crippen LogP contribution in [-0.2, 0) is 4.79 Å². The monoisotopic (exact) mass is 275 g/mol. The molecule has 20 heavy (non-hydrogen) atoms. The Morgan fingerprint density at radius 3 is 2.65 bits per heavy atom. The van der Waals surface area contributed by atoms with E-state index in [1.807, 2.05) is 0 Å². The van der Waals surface area contributed by atoms with Gasteiger partial charge in [0.15, 0.2) is 0 Å². The zero-order valence-corrected chi connectivity index (χ0v) is 13.1. The minimum atomic E-state index is -0.0927. The second kappa shape index (κ2) is 7.10. The normalized spacial score (nSPS) is 21.6. The van der Waals surface area contributed by atoms with Crippen molar-refractivity contribution in [3.05, 3.63) is 23.9 Å². The highest BCUT2D eigenvalue weighted by atomic mass is 16.2. The van der Waals surface area contributed by atoms with E-state index in [9.17, 15) is 4.79 Å². The first-order valence-corrected chi connectivity index (χ1v) is 8.29. The Morgan fingerprint density at radius 1 is 1.30 bits per heavy atom. The van der Waals surface area contributed by atoms with Gasteiger partial charge in [0, 0.05) is 11.1 Å². The average molecular weight is 275 g/mol. The summed E-state index contributed by atoms with van der Waals surface area (Å²) in [4.78, 5) is 12.8. The molecule has 0 aliphatic heterocycles. The lowest BCUT2D eigenvalue weighted by Crippen LogP contribution is -2.42. The topological polar surface area (TPSA) is 29.1 Å². The van der Waals surface area contributed by atoms with Crippen molar-refractivity contribution >= 4 is 5.91 Å². The van der Waals surface area contributed by atoms with Crippen LogP contribution in [0.4, 0.5) is 0 Å². The van der Waals surface area contributed by atoms with Crippen molar-refractivity contribution in [1.29, 1.82) is 0 Å². The van der Waals surface area contributed by atoms with E-state index in [1.165, 1.54) is 19.3 Å². The molecule has 0 unspecified atom stereocenters. The SMILES string of the molecule is CC(C)CCC1(C(=O)NC2=CC=CCC2)CCCCC1. The number of carbonyl (C=O) groups excluding carboxylic acids is 1. The summed E-state index contributed by atoms with van der Waals surface area (Å²) >= 11 is 0. The van der Waals surface area contributed by atoms with Crippen LogP contribution in [0.15, 0.2) is 23.9 Å². The largest absolute Gasteiger partial charge is 0.329 e. The van der Waals surface area contributed by atoms with Crippen LogP contribution in [0.2, 0.25) is 0 Å². The summed E-state index contributed by atoms with van der Waals surface area (Å²) in [6.45, 7) is 4.51. The summed E-state index contributed by atoms with van der Waals surface area (Å²) in [6, 6.07) is 0. The average Bonchev–Trinajstić information content (AvgIpc) is 2.47. The van der Waals surface area contributed by atoms with Crippen molar-refractivity contribution in [1.82, 2.24) is 5.32 Å². The van der Waals surface area contributed by atoms with Gasteiger partial charge in [-0.25, -0.2) is 0 Å². The standard InChI is InChI=1S/C18H29NO/c1-15(2)11-14-18(12-7-4-8-13-18)17(20)19-16-9-5-3-6-10-16/h3,5,9,15H,4,6-8,10-14H2,1-2H3,(H,19,20). The molecule has 0 saturated heterocycles. The highest BCUT2D eigenvalue weighted by Gasteiger charge is 2.39. The number of allylic oxidation sites excluding steroid dienone is 4. The fraction of sp³-hybridized carbons (Fsp3) is 0.722. The van der Waals surface area contributed by atoms with Gasteiger partial charge in [0.2, 0.25) is 5.91 Å². The van der Waals surface area contributed by atoms with Gasteiger partial charge in [-0.15, -0.1) is 0 Å². The van der Waals surface area contributed by atoms with Gasteiger partial charge in [-0.05, 0) is 50.5 Å². The summed E-state index contributed by atoms with van der Waals surface area (Å²) in [6.07, 6.45) is 16.4. The van der Waals surface area contributed by atoms with Gasteiger partial charge in [-0.2, -0.15) is 0 Å². The molecular formula is C18H29NO. The zero-order valence-electron chi connectivity index (χ0n) is 13.1. The number of rotatable bonds is 5. The highest BCUT2D eigenvalue weighted by molar-refractivity contribution is 5.84. The molecule has 0 atom stereocenters. The van der Waals surface area contributed by atoms with E-state index in [0.29, 0.717) is 11.8 Å². The van der Waals surface area contributed by atoms with E-state index in [2.05, 4.69) is 37.4 Å². The van der Waals surface area contributed by atoms with Crippen molar-refractivity contribution < 1.29 is 4.79 Å². The van der Waals surface area contributed by atoms with E-state index in [0.717, 1.165) is 44.2 Å². The molecule has 112 valence electrons. The molecule has 0 aromatic rings. The molecule has 1 amide bonds. The number of hydrogen-bond acceptors (Lipinski definition) is 1. The first kappa shape index (κ1) is 15.3. The molecule has 1 fully saturated rings. The molecule has 0 bridgehead atoms. The Balaban J connectivity index is 2.02. The molecule has 0 heterocycles. The molecule has 2 nitrogen and oxygen atoms in total. The first-order valence-electron chi connectivity index (χ1n) is 8.29. The number of amides is 1. The Morgan fingerprint density at radius 2 is 2.05 bits per heavy atom. The maximum Gasteiger partial charge on any atom is 0.230 e. The summed E-state index contributed by atoms with van der Waals surface area (Å²) < 4.78 is 0. The Bertz CT molecular complexity index is 386. The Hall–Kier alpha value is -1.05. The van der Waals surface area contributed by atoms with Gasteiger partial charge >= 0.3 is 0 Å². The third-order valence-electron chi connectivity index (χ3n) is 4.78. The summed E-state index contributed by atoms with van der Waals surface area (Å²) in [7, 11) is 0. The number of carbonyl (C=O) groups is 1. The fourth-order valence-electron chi connectivity index (χ4n) is 3.37. The molecule has 1 saturated carbocycles. The lowest BCUT2D eigenvalue weighted by molar-refractivity contribution is -0.133. The van der Waals surface area contributed by atoms with E-state index >= 15 is 0 Å². The number of nitrogens with one attached hydrogen (secondary N) is 1. The quantitative estimate of drug-likeness (QED) is 0.772. The van der Waals surface area contributed by atoms with Crippen LogP contribution in [0.5, 0.6) is 0 Å². The van der Waals surface area contributed by atoms with Crippen molar-refractivity contribution in [2.75, 3.05) is 0 Å². The van der Waals surface area contributed by atoms with Gasteiger partial charge in [-0.3, -0.25) is 4.79 Å². The van der Waals surface area contributed by atoms with Crippen molar-refractivity contribution in [3.8, 4) is 0 Å². The molecular weight excluding hydrogens is 246 g/mol. The molecule has 2 rings (SSSR count). The summed E-state index contributed by atoms with van der Waals surface area (Å²) in [5.74, 6) is 0.970. The van der Waals surface area contributed by atoms with Crippen LogP contribution >= 0.6 is 0 Å². The van der Waals surface area contributed by atoms with Crippen molar-refractivity contribution in [2.24, 2.45) is 11.3 Å². The first-order chi connectivity index (χ1) is 9.62. The summed E-state index contributed by atoms with van der Waals surface area (Å²) in [5, 5.41) is 3.22. The lowest BCUT2D eigenvalue weighted by Gasteiger charge is -2.37. The summed E-state index contributed by atoms with van der Waals surface area (Å²) in [5.41, 5.74) is 1.01. The molecule has 0 radical (unpaired) electrons. The van der Waals surface area contributed by atoms with Crippen LogP contribution in [0.25, 0.3) is 0 Å². The third kappa shape index (κ3) is 3.97. The van der Waals surface area contributed by atoms with Crippen LogP contribution in [0, 0.1) is 11.3 Å². The van der Waals surface area contributed by atoms with Crippen LogP contribution < -0.4 is 5.32 Å². The molecule has 0 spiro atoms. The van der Waals surface area contributed by atoms with Crippen molar-refractivity contribution in [3.63, 3.8) is 0 Å². The molecule has 0 aromatic heterocycles. The van der Waals surface area contributed by atoms with Crippen molar-refractivity contribution in [2.45, 2.75) is 71.6 Å². The molecule has 2 aliphatic carbocycles. The predicted octanol–water partition coefficient (Wildman–Crippen LogP) is 4.72. The fourth-order valence-corrected chi connectivity index (χ4v) is 3.37. The Labute approximate surface area is 123 Å². The van der Waals surface area contributed by atoms with Gasteiger partial charge in [0.1, 0.15) is 0 Å². The Kier molecular flexibility index (Phi) is 5.45. The smallest absolute Gasteiger partial charge is 0.230 e. The molecule has 2 aliphatic rings. The van der Waals surface area contributed by atoms with Crippen LogP contribution in [0.1, 0.15) is 71.6 Å². The lowest BCUT2D eigenvalue weighted by atomic mass is 9.69. The maximum atomic E-state index is 12.8. The van der Waals surface area contributed by atoms with Gasteiger partial charge < -0.3 is 5.32 Å². The third-order valence-corrected chi connectivity index (χ3v) is 4.78. The molecule has 0 aromatic carbocycles.